The summed E-state index contributed by atoms with van der Waals surface area (Å²) in [6.45, 7) is 2.49. The van der Waals surface area contributed by atoms with Crippen LogP contribution in [0.15, 0.2) is 91.3 Å². The number of piperidine rings is 1. The van der Waals surface area contributed by atoms with Crippen molar-refractivity contribution in [3.63, 3.8) is 0 Å². The molecule has 1 aliphatic heterocycles. The second-order valence-electron chi connectivity index (χ2n) is 9.02. The number of ether oxygens (including phenoxy) is 2. The number of likely N-dealkylation sites (tertiary alicyclic amines) is 1. The predicted octanol–water partition coefficient (Wildman–Crippen LogP) is 5.23. The van der Waals surface area contributed by atoms with Crippen LogP contribution in [0.5, 0.6) is 11.5 Å². The van der Waals surface area contributed by atoms with E-state index in [0.29, 0.717) is 5.75 Å². The molecule has 0 N–H and O–H groups in total. The molecule has 0 aliphatic carbocycles. The first-order chi connectivity index (χ1) is 17.6. The molecule has 0 spiro atoms. The maximum Gasteiger partial charge on any atom is 0.269 e. The molecule has 0 bridgehead atoms. The van der Waals surface area contributed by atoms with E-state index in [1.807, 2.05) is 41.2 Å². The first-order valence-corrected chi connectivity index (χ1v) is 11.9. The molecule has 4 aromatic rings. The van der Waals surface area contributed by atoms with Crippen molar-refractivity contribution in [2.24, 2.45) is 0 Å². The van der Waals surface area contributed by atoms with Gasteiger partial charge in [-0.3, -0.25) is 15.0 Å². The molecular formula is C28H28N4O4. The molecule has 3 aromatic carbocycles. The van der Waals surface area contributed by atoms with Gasteiger partial charge in [-0.15, -0.1) is 0 Å². The summed E-state index contributed by atoms with van der Waals surface area (Å²) in [6, 6.07) is 24.5. The topological polar surface area (TPSA) is 82.7 Å². The molecule has 184 valence electrons. The number of non-ortho nitro benzene ring substituents is 1. The van der Waals surface area contributed by atoms with Gasteiger partial charge in [-0.05, 0) is 53.9 Å². The van der Waals surface area contributed by atoms with E-state index in [4.69, 9.17) is 9.47 Å². The SMILES string of the molecule is COc1ccc(-n2cc(C3CC(Oc4ccc([N+](=O)[O-])cc4)CN(Cc4ccccc4)C3)cn2)cc1. The van der Waals surface area contributed by atoms with Gasteiger partial charge in [0.15, 0.2) is 0 Å². The molecule has 36 heavy (non-hydrogen) atoms. The van der Waals surface area contributed by atoms with Crippen LogP contribution < -0.4 is 9.47 Å². The zero-order chi connectivity index (χ0) is 24.9. The maximum absolute atomic E-state index is 11.0. The van der Waals surface area contributed by atoms with Crippen LogP contribution in [-0.4, -0.2) is 45.9 Å². The molecule has 1 fully saturated rings. The Morgan fingerprint density at radius 3 is 2.39 bits per heavy atom. The molecule has 1 saturated heterocycles. The smallest absolute Gasteiger partial charge is 0.269 e. The lowest BCUT2D eigenvalue weighted by atomic mass is 9.90. The number of aromatic nitrogens is 2. The Hall–Kier alpha value is -4.17. The second kappa shape index (κ2) is 10.6. The highest BCUT2D eigenvalue weighted by Gasteiger charge is 2.30. The van der Waals surface area contributed by atoms with Crippen molar-refractivity contribution in [3.05, 3.63) is 112 Å². The van der Waals surface area contributed by atoms with E-state index in [1.54, 1.807) is 19.2 Å². The molecule has 0 saturated carbocycles. The number of nitrogens with zero attached hydrogens (tertiary/aromatic N) is 4. The summed E-state index contributed by atoms with van der Waals surface area (Å²) in [5.41, 5.74) is 3.43. The highest BCUT2D eigenvalue weighted by atomic mass is 16.6. The van der Waals surface area contributed by atoms with E-state index in [-0.39, 0.29) is 17.7 Å². The third-order valence-corrected chi connectivity index (χ3v) is 6.50. The van der Waals surface area contributed by atoms with Gasteiger partial charge in [-0.2, -0.15) is 5.10 Å². The molecule has 5 rings (SSSR count). The Kier molecular flexibility index (Phi) is 6.95. The lowest BCUT2D eigenvalue weighted by Gasteiger charge is -2.37. The van der Waals surface area contributed by atoms with Gasteiger partial charge in [-0.25, -0.2) is 4.68 Å². The third-order valence-electron chi connectivity index (χ3n) is 6.50. The van der Waals surface area contributed by atoms with Crippen molar-refractivity contribution in [1.82, 2.24) is 14.7 Å². The fourth-order valence-electron chi connectivity index (χ4n) is 4.70. The average Bonchev–Trinajstić information content (AvgIpc) is 3.40. The number of rotatable bonds is 8. The lowest BCUT2D eigenvalue weighted by molar-refractivity contribution is -0.384. The normalized spacial score (nSPS) is 18.0. The van der Waals surface area contributed by atoms with Crippen LogP contribution in [0.25, 0.3) is 5.69 Å². The molecule has 0 radical (unpaired) electrons. The zero-order valence-corrected chi connectivity index (χ0v) is 20.1. The Morgan fingerprint density at radius 1 is 0.972 bits per heavy atom. The number of nitro groups is 1. The minimum atomic E-state index is -0.400. The highest BCUT2D eigenvalue weighted by molar-refractivity contribution is 5.38. The minimum Gasteiger partial charge on any atom is -0.497 e. The number of hydrogen-bond acceptors (Lipinski definition) is 6. The largest absolute Gasteiger partial charge is 0.497 e. The highest BCUT2D eigenvalue weighted by Crippen LogP contribution is 2.31. The zero-order valence-electron chi connectivity index (χ0n) is 20.1. The molecule has 2 heterocycles. The summed E-state index contributed by atoms with van der Waals surface area (Å²) in [7, 11) is 1.65. The Balaban J connectivity index is 1.35. The van der Waals surface area contributed by atoms with Crippen molar-refractivity contribution in [1.29, 1.82) is 0 Å². The summed E-state index contributed by atoms with van der Waals surface area (Å²) < 4.78 is 13.5. The van der Waals surface area contributed by atoms with E-state index in [2.05, 4.69) is 40.5 Å². The lowest BCUT2D eigenvalue weighted by Crippen LogP contribution is -2.44. The van der Waals surface area contributed by atoms with E-state index in [0.717, 1.165) is 43.1 Å². The quantitative estimate of drug-likeness (QED) is 0.252. The molecule has 8 heteroatoms. The number of nitro benzene ring substituents is 1. The average molecular weight is 485 g/mol. The first-order valence-electron chi connectivity index (χ1n) is 11.9. The van der Waals surface area contributed by atoms with Crippen LogP contribution in [0.2, 0.25) is 0 Å². The van der Waals surface area contributed by atoms with Crippen LogP contribution in [0.3, 0.4) is 0 Å². The summed E-state index contributed by atoms with van der Waals surface area (Å²) in [4.78, 5) is 13.0. The van der Waals surface area contributed by atoms with Gasteiger partial charge in [0.2, 0.25) is 0 Å². The molecule has 2 unspecified atom stereocenters. The summed E-state index contributed by atoms with van der Waals surface area (Å²) in [5, 5.41) is 15.6. The predicted molar refractivity (Wildman–Crippen MR) is 137 cm³/mol. The van der Waals surface area contributed by atoms with Crippen LogP contribution in [-0.2, 0) is 6.54 Å². The molecule has 1 aliphatic rings. The Morgan fingerprint density at radius 2 is 1.69 bits per heavy atom. The number of methoxy groups -OCH3 is 1. The fraction of sp³-hybridized carbons (Fsp3) is 0.250. The van der Waals surface area contributed by atoms with Crippen molar-refractivity contribution in [2.75, 3.05) is 20.2 Å². The molecule has 2 atom stereocenters. The summed E-state index contributed by atoms with van der Waals surface area (Å²) in [5.74, 6) is 1.68. The maximum atomic E-state index is 11.0. The van der Waals surface area contributed by atoms with Gasteiger partial charge in [0, 0.05) is 43.9 Å². The standard InChI is InChI=1S/C28H28N4O4/c1-35-26-11-7-24(8-12-26)31-19-23(16-29-31)22-15-28(36-27-13-9-25(10-14-27)32(33)34)20-30(18-22)17-21-5-3-2-4-6-21/h2-14,16,19,22,28H,15,17-18,20H2,1H3. The minimum absolute atomic E-state index is 0.0560. The van der Waals surface area contributed by atoms with E-state index >= 15 is 0 Å². The molecule has 8 nitrogen and oxygen atoms in total. The van der Waals surface area contributed by atoms with Crippen LogP contribution in [0.1, 0.15) is 23.5 Å². The van der Waals surface area contributed by atoms with E-state index in [9.17, 15) is 10.1 Å². The summed E-state index contributed by atoms with van der Waals surface area (Å²) >= 11 is 0. The number of hydrogen-bond donors (Lipinski definition) is 0. The Bertz CT molecular complexity index is 1290. The second-order valence-corrected chi connectivity index (χ2v) is 9.02. The van der Waals surface area contributed by atoms with Gasteiger partial charge in [0.1, 0.15) is 17.6 Å². The van der Waals surface area contributed by atoms with Crippen LogP contribution >= 0.6 is 0 Å². The van der Waals surface area contributed by atoms with Crippen LogP contribution in [0, 0.1) is 10.1 Å². The first kappa shape index (κ1) is 23.6. The van der Waals surface area contributed by atoms with Gasteiger partial charge < -0.3 is 9.47 Å². The summed E-state index contributed by atoms with van der Waals surface area (Å²) in [6.07, 6.45) is 4.79. The third kappa shape index (κ3) is 5.55. The molecule has 0 amide bonds. The van der Waals surface area contributed by atoms with Gasteiger partial charge in [-0.1, -0.05) is 30.3 Å². The fourth-order valence-corrected chi connectivity index (χ4v) is 4.70. The monoisotopic (exact) mass is 484 g/mol. The van der Waals surface area contributed by atoms with E-state index < -0.39 is 4.92 Å². The van der Waals surface area contributed by atoms with Gasteiger partial charge >= 0.3 is 0 Å². The van der Waals surface area contributed by atoms with E-state index in [1.165, 1.54) is 17.7 Å². The van der Waals surface area contributed by atoms with Crippen LogP contribution in [0.4, 0.5) is 5.69 Å². The Labute approximate surface area is 209 Å². The van der Waals surface area contributed by atoms with Gasteiger partial charge in [0.25, 0.3) is 5.69 Å². The number of benzene rings is 3. The van der Waals surface area contributed by atoms with Crippen molar-refractivity contribution in [3.8, 4) is 17.2 Å². The molecule has 1 aromatic heterocycles. The van der Waals surface area contributed by atoms with Crippen molar-refractivity contribution >= 4 is 5.69 Å². The van der Waals surface area contributed by atoms with Gasteiger partial charge in [0.05, 0.1) is 23.9 Å². The van der Waals surface area contributed by atoms with Crippen molar-refractivity contribution < 1.29 is 14.4 Å². The molecular weight excluding hydrogens is 456 g/mol. The van der Waals surface area contributed by atoms with Crippen molar-refractivity contribution in [2.45, 2.75) is 25.0 Å².